The van der Waals surface area contributed by atoms with Crippen LogP contribution in [0.4, 0.5) is 13.2 Å². The molecule has 6 rings (SSSR count). The van der Waals surface area contributed by atoms with Crippen molar-refractivity contribution in [2.24, 2.45) is 0 Å². The molecular weight excluding hydrogens is 587 g/mol. The summed E-state index contributed by atoms with van der Waals surface area (Å²) < 4.78 is 65.6. The van der Waals surface area contributed by atoms with Crippen molar-refractivity contribution < 1.29 is 41.3 Å². The van der Waals surface area contributed by atoms with E-state index in [1.807, 2.05) is 24.3 Å². The van der Waals surface area contributed by atoms with E-state index in [0.717, 1.165) is 28.6 Å². The summed E-state index contributed by atoms with van der Waals surface area (Å²) in [6, 6.07) is 17.5. The van der Waals surface area contributed by atoms with E-state index in [1.165, 1.54) is 23.5 Å². The Hall–Kier alpha value is -5.04. The van der Waals surface area contributed by atoms with Crippen molar-refractivity contribution in [2.45, 2.75) is 19.4 Å². The van der Waals surface area contributed by atoms with Crippen molar-refractivity contribution in [3.05, 3.63) is 89.6 Å². The van der Waals surface area contributed by atoms with E-state index in [1.54, 1.807) is 43.1 Å². The van der Waals surface area contributed by atoms with Crippen LogP contribution in [-0.4, -0.2) is 41.0 Å². The third-order valence-corrected chi connectivity index (χ3v) is 7.30. The molecule has 0 N–H and O–H groups in total. The van der Waals surface area contributed by atoms with E-state index in [2.05, 4.69) is 14.8 Å². The number of hydrogen-bond donors (Lipinski definition) is 0. The van der Waals surface area contributed by atoms with Gasteiger partial charge in [-0.3, -0.25) is 4.79 Å². The molecule has 0 aliphatic heterocycles. The summed E-state index contributed by atoms with van der Waals surface area (Å²) in [5.41, 5.74) is 2.97. The average molecular weight is 610 g/mol. The van der Waals surface area contributed by atoms with Crippen LogP contribution in [0.5, 0.6) is 22.4 Å². The van der Waals surface area contributed by atoms with E-state index in [-0.39, 0.29) is 30.1 Å². The first-order chi connectivity index (χ1) is 20.7. The van der Waals surface area contributed by atoms with Crippen LogP contribution in [0, 0.1) is 0 Å². The number of furan rings is 1. The molecule has 0 radical (unpaired) electrons. The summed E-state index contributed by atoms with van der Waals surface area (Å²) in [6.45, 7) is 0.193. The number of ketones is 1. The Morgan fingerprint density at radius 1 is 0.977 bits per heavy atom. The maximum atomic E-state index is 12.8. The number of nitrogens with zero attached hydrogens (tertiary/aromatic N) is 3. The Morgan fingerprint density at radius 3 is 2.49 bits per heavy atom. The normalized spacial score (nSPS) is 11.7. The van der Waals surface area contributed by atoms with Gasteiger partial charge in [-0.2, -0.15) is 0 Å². The quantitative estimate of drug-likeness (QED) is 0.152. The molecule has 3 aromatic heterocycles. The lowest BCUT2D eigenvalue weighted by Gasteiger charge is -2.11. The van der Waals surface area contributed by atoms with Crippen molar-refractivity contribution in [3.8, 4) is 33.9 Å². The maximum absolute atomic E-state index is 12.8. The number of methoxy groups -OCH3 is 2. The number of carbonyl (C=O) groups is 1. The van der Waals surface area contributed by atoms with Crippen LogP contribution in [0.2, 0.25) is 0 Å². The van der Waals surface area contributed by atoms with Gasteiger partial charge in [0.25, 0.3) is 5.19 Å². The number of alkyl halides is 3. The second kappa shape index (κ2) is 11.3. The number of hydrogen-bond acceptors (Lipinski definition) is 9. The fourth-order valence-corrected chi connectivity index (χ4v) is 5.15. The Balaban J connectivity index is 1.17. The van der Waals surface area contributed by atoms with Crippen molar-refractivity contribution in [3.63, 3.8) is 0 Å². The molecule has 3 heterocycles. The van der Waals surface area contributed by atoms with Crippen LogP contribution in [0.15, 0.2) is 77.3 Å². The van der Waals surface area contributed by atoms with Gasteiger partial charge in [0.2, 0.25) is 4.96 Å². The van der Waals surface area contributed by atoms with E-state index in [0.29, 0.717) is 38.7 Å². The van der Waals surface area contributed by atoms with Gasteiger partial charge in [0.1, 0.15) is 35.1 Å². The van der Waals surface area contributed by atoms with Gasteiger partial charge in [0, 0.05) is 24.1 Å². The third kappa shape index (κ3) is 6.26. The van der Waals surface area contributed by atoms with Gasteiger partial charge in [-0.15, -0.1) is 18.3 Å². The van der Waals surface area contributed by atoms with Gasteiger partial charge in [0.05, 0.1) is 25.8 Å². The molecule has 0 spiro atoms. The van der Waals surface area contributed by atoms with Gasteiger partial charge >= 0.3 is 6.36 Å². The first kappa shape index (κ1) is 28.1. The molecule has 0 aliphatic rings. The Morgan fingerprint density at radius 2 is 1.77 bits per heavy atom. The third-order valence-electron chi connectivity index (χ3n) is 6.42. The SMILES string of the molecule is COc1cc(OCc2cccc(CC(=O)c3ccc(OC(F)(F)F)cc3)c2)c2cc(-c3cn4nc(OC)sc4n3)oc2c1. The van der Waals surface area contributed by atoms with Gasteiger partial charge in [-0.1, -0.05) is 24.3 Å². The molecule has 3 aromatic carbocycles. The second-order valence-electron chi connectivity index (χ2n) is 9.35. The first-order valence-corrected chi connectivity index (χ1v) is 13.6. The van der Waals surface area contributed by atoms with Crippen LogP contribution in [0.3, 0.4) is 0 Å². The lowest BCUT2D eigenvalue weighted by Crippen LogP contribution is -2.17. The van der Waals surface area contributed by atoms with Gasteiger partial charge < -0.3 is 23.4 Å². The molecule has 0 atom stereocenters. The highest BCUT2D eigenvalue weighted by molar-refractivity contribution is 7.18. The number of carbonyl (C=O) groups excluding carboxylic acids is 1. The molecule has 0 amide bonds. The van der Waals surface area contributed by atoms with Crippen LogP contribution < -0.4 is 18.9 Å². The Kier molecular flexibility index (Phi) is 7.40. The first-order valence-electron chi connectivity index (χ1n) is 12.8. The number of benzene rings is 3. The van der Waals surface area contributed by atoms with Crippen LogP contribution in [0.25, 0.3) is 27.4 Å². The number of rotatable bonds is 10. The number of imidazole rings is 1. The van der Waals surface area contributed by atoms with E-state index < -0.39 is 6.36 Å². The summed E-state index contributed by atoms with van der Waals surface area (Å²) in [4.78, 5) is 18.0. The van der Waals surface area contributed by atoms with Crippen LogP contribution in [-0.2, 0) is 13.0 Å². The molecule has 43 heavy (non-hydrogen) atoms. The molecule has 0 saturated carbocycles. The van der Waals surface area contributed by atoms with Gasteiger partial charge in [0.15, 0.2) is 11.5 Å². The highest BCUT2D eigenvalue weighted by atomic mass is 32.1. The zero-order valence-electron chi connectivity index (χ0n) is 22.7. The predicted octanol–water partition coefficient (Wildman–Crippen LogP) is 7.12. The van der Waals surface area contributed by atoms with E-state index >= 15 is 0 Å². The summed E-state index contributed by atoms with van der Waals surface area (Å²) in [5, 5.41) is 5.52. The molecule has 0 aliphatic carbocycles. The lowest BCUT2D eigenvalue weighted by atomic mass is 10.0. The minimum absolute atomic E-state index is 0.0602. The highest BCUT2D eigenvalue weighted by Gasteiger charge is 2.31. The molecule has 9 nitrogen and oxygen atoms in total. The molecule has 0 fully saturated rings. The molecule has 0 bridgehead atoms. The van der Waals surface area contributed by atoms with Crippen molar-refractivity contribution in [1.29, 1.82) is 0 Å². The van der Waals surface area contributed by atoms with Gasteiger partial charge in [-0.25, -0.2) is 9.50 Å². The van der Waals surface area contributed by atoms with E-state index in [9.17, 15) is 18.0 Å². The lowest BCUT2D eigenvalue weighted by molar-refractivity contribution is -0.274. The molecule has 220 valence electrons. The van der Waals surface area contributed by atoms with E-state index in [4.69, 9.17) is 18.6 Å². The Labute approximate surface area is 246 Å². The maximum Gasteiger partial charge on any atom is 0.573 e. The summed E-state index contributed by atoms with van der Waals surface area (Å²) in [5.74, 6) is 0.981. The summed E-state index contributed by atoms with van der Waals surface area (Å²) in [6.07, 6.45) is -2.99. The number of ether oxygens (including phenoxy) is 4. The fraction of sp³-hybridized carbons (Fsp3) is 0.167. The predicted molar refractivity (Wildman–Crippen MR) is 151 cm³/mol. The number of aromatic nitrogens is 3. The molecule has 0 unspecified atom stereocenters. The largest absolute Gasteiger partial charge is 0.573 e. The highest BCUT2D eigenvalue weighted by Crippen LogP contribution is 2.37. The molecule has 0 saturated heterocycles. The van der Waals surface area contributed by atoms with Crippen molar-refractivity contribution in [2.75, 3.05) is 14.2 Å². The molecule has 6 aromatic rings. The number of fused-ring (bicyclic) bond motifs is 2. The minimum atomic E-state index is -4.80. The number of halogens is 3. The van der Waals surface area contributed by atoms with Gasteiger partial charge in [-0.05, 0) is 52.8 Å². The summed E-state index contributed by atoms with van der Waals surface area (Å²) in [7, 11) is 3.10. The average Bonchev–Trinajstić information content (AvgIpc) is 3.69. The second-order valence-corrected chi connectivity index (χ2v) is 10.3. The Bertz CT molecular complexity index is 1900. The zero-order valence-corrected chi connectivity index (χ0v) is 23.5. The van der Waals surface area contributed by atoms with Crippen molar-refractivity contribution in [1.82, 2.24) is 14.6 Å². The smallest absolute Gasteiger partial charge is 0.496 e. The minimum Gasteiger partial charge on any atom is -0.496 e. The van der Waals surface area contributed by atoms with Crippen LogP contribution >= 0.6 is 11.3 Å². The standard InChI is InChI=1S/C30H22F3N3O6S/c1-38-21-12-25(22-14-27(41-26(22)13-21)23-15-36-28(34-23)43-29(35-36)39-2)40-16-18-5-3-4-17(10-18)11-24(37)19-6-8-20(9-7-19)42-30(31,32)33/h3-10,12-15H,11,16H2,1-2H3. The molecular formula is C30H22F3N3O6S. The zero-order chi connectivity index (χ0) is 30.1. The fourth-order valence-electron chi connectivity index (χ4n) is 4.45. The summed E-state index contributed by atoms with van der Waals surface area (Å²) >= 11 is 1.31. The number of Topliss-reactive ketones (excluding diaryl/α,β-unsaturated/α-hetero) is 1. The topological polar surface area (TPSA) is 97.3 Å². The van der Waals surface area contributed by atoms with Crippen molar-refractivity contribution >= 4 is 33.1 Å². The monoisotopic (exact) mass is 609 g/mol. The van der Waals surface area contributed by atoms with Crippen LogP contribution in [0.1, 0.15) is 21.5 Å². The molecule has 13 heteroatoms.